The molecule has 12 heteroatoms. The highest BCUT2D eigenvalue weighted by Crippen LogP contribution is 2.60. The van der Waals surface area contributed by atoms with Gasteiger partial charge >= 0.3 is 0 Å². The Morgan fingerprint density at radius 1 is 0.943 bits per heavy atom. The molecule has 5 aromatic rings. The number of para-hydroxylation sites is 3. The van der Waals surface area contributed by atoms with Crippen LogP contribution in [0.5, 0.6) is 17.2 Å². The monoisotopic (exact) mass is 729 g/mol. The van der Waals surface area contributed by atoms with Gasteiger partial charge < -0.3 is 24.2 Å². The summed E-state index contributed by atoms with van der Waals surface area (Å²) in [5.74, 6) is 1.27. The summed E-state index contributed by atoms with van der Waals surface area (Å²) in [5, 5.41) is 19.2. The molecule has 0 bridgehead atoms. The van der Waals surface area contributed by atoms with E-state index in [-0.39, 0.29) is 36.0 Å². The number of aliphatic hydroxyl groups is 1. The zero-order chi connectivity index (χ0) is 37.1. The number of carbonyl (C=O) groups excluding carboxylic acids is 2. The van der Waals surface area contributed by atoms with Gasteiger partial charge in [-0.05, 0) is 66.6 Å². The Bertz CT molecular complexity index is 2210. The number of benzene rings is 4. The number of rotatable bonds is 9. The van der Waals surface area contributed by atoms with Crippen molar-refractivity contribution in [2.24, 2.45) is 5.92 Å². The molecule has 272 valence electrons. The molecule has 8 rings (SSSR count). The third kappa shape index (κ3) is 5.55. The Kier molecular flexibility index (Phi) is 8.71. The first-order chi connectivity index (χ1) is 25.6. The Hall–Kier alpha value is -5.30. The minimum absolute atomic E-state index is 0.000634. The second kappa shape index (κ2) is 13.3. The highest BCUT2D eigenvalue weighted by Gasteiger charge is 2.66. The minimum Gasteiger partial charge on any atom is -0.497 e. The number of ether oxygens (including phenoxy) is 3. The number of hydrogen-bond donors (Lipinski definition) is 1. The van der Waals surface area contributed by atoms with Crippen LogP contribution in [0.3, 0.4) is 0 Å². The van der Waals surface area contributed by atoms with E-state index >= 15 is 0 Å². The van der Waals surface area contributed by atoms with Crippen LogP contribution in [-0.4, -0.2) is 66.9 Å². The highest BCUT2D eigenvalue weighted by molar-refractivity contribution is 6.91. The molecule has 1 saturated heterocycles. The predicted octanol–water partition coefficient (Wildman–Crippen LogP) is 6.19. The molecular weight excluding hydrogens is 687 g/mol. The van der Waals surface area contributed by atoms with Crippen molar-refractivity contribution in [3.8, 4) is 17.2 Å². The summed E-state index contributed by atoms with van der Waals surface area (Å²) in [6, 6.07) is 28.8. The number of hydrogen-bond acceptors (Lipinski definition) is 8. The van der Waals surface area contributed by atoms with Crippen LogP contribution in [0, 0.1) is 5.92 Å². The van der Waals surface area contributed by atoms with Crippen molar-refractivity contribution in [2.45, 2.75) is 56.7 Å². The van der Waals surface area contributed by atoms with Crippen LogP contribution in [0.2, 0.25) is 18.6 Å². The number of aromatic nitrogens is 3. The SMILES string of the molecule is COc1ccc([Si](C)(C)[C@@H]2[C@@H](CCn3cc(CCO)nn3)O[C@]3(C(=O)N(C)c4ccc(N5C(=O)c6ccccc6Oc6ccccc65)cc43)[C@H]2C)cc1. The lowest BCUT2D eigenvalue weighted by atomic mass is 9.82. The number of aliphatic hydroxyl groups excluding tert-OH is 1. The molecule has 3 aliphatic heterocycles. The summed E-state index contributed by atoms with van der Waals surface area (Å²) in [5.41, 5.74) is 2.62. The zero-order valence-corrected chi connectivity index (χ0v) is 31.5. The predicted molar refractivity (Wildman–Crippen MR) is 204 cm³/mol. The zero-order valence-electron chi connectivity index (χ0n) is 30.5. The van der Waals surface area contributed by atoms with Gasteiger partial charge in [0.05, 0.1) is 43.9 Å². The molecule has 0 unspecified atom stereocenters. The number of aryl methyl sites for hydroxylation is 1. The number of amides is 2. The Balaban J connectivity index is 1.24. The van der Waals surface area contributed by atoms with Crippen LogP contribution in [-0.2, 0) is 28.1 Å². The molecule has 0 aliphatic carbocycles. The van der Waals surface area contributed by atoms with Gasteiger partial charge in [0.1, 0.15) is 11.5 Å². The molecule has 1 aromatic heterocycles. The van der Waals surface area contributed by atoms with Gasteiger partial charge in [0, 0.05) is 50.0 Å². The van der Waals surface area contributed by atoms with E-state index < -0.39 is 13.7 Å². The maximum atomic E-state index is 14.8. The molecule has 2 amide bonds. The minimum atomic E-state index is -2.38. The first kappa shape index (κ1) is 34.8. The van der Waals surface area contributed by atoms with Gasteiger partial charge in [-0.25, -0.2) is 0 Å². The van der Waals surface area contributed by atoms with Gasteiger partial charge in [-0.2, -0.15) is 0 Å². The molecule has 53 heavy (non-hydrogen) atoms. The molecule has 0 saturated carbocycles. The molecule has 4 aromatic carbocycles. The Morgan fingerprint density at radius 2 is 1.68 bits per heavy atom. The van der Waals surface area contributed by atoms with E-state index in [9.17, 15) is 14.7 Å². The number of methoxy groups -OCH3 is 1. The third-order valence-electron chi connectivity index (χ3n) is 11.5. The molecule has 4 heterocycles. The number of carbonyl (C=O) groups is 2. The average Bonchev–Trinajstić information content (AvgIpc) is 3.78. The maximum Gasteiger partial charge on any atom is 0.266 e. The second-order valence-corrected chi connectivity index (χ2v) is 19.4. The number of likely N-dealkylation sites (N-methyl/N-ethyl adjacent to an activating group) is 1. The van der Waals surface area contributed by atoms with Gasteiger partial charge in [0.25, 0.3) is 11.8 Å². The number of anilines is 3. The van der Waals surface area contributed by atoms with Gasteiger partial charge in [-0.15, -0.1) is 5.10 Å². The molecule has 1 fully saturated rings. The summed E-state index contributed by atoms with van der Waals surface area (Å²) in [6.07, 6.45) is 2.59. The summed E-state index contributed by atoms with van der Waals surface area (Å²) < 4.78 is 20.8. The molecule has 1 spiro atoms. The van der Waals surface area contributed by atoms with E-state index in [2.05, 4.69) is 42.5 Å². The summed E-state index contributed by atoms with van der Waals surface area (Å²) in [4.78, 5) is 32.6. The standard InChI is InChI=1S/C41H43N5O6Si/c1-26-38(53(4,5)30-17-15-29(50-3)16-18-30)37(20-22-45-25-27(21-23-47)42-43-45)52-41(26)32-24-28(14-19-33(32)44(2)40(41)49)46-34-11-7-9-13-36(34)51-35-12-8-6-10-31(35)39(46)48/h6-19,24-26,37-38,47H,20-23H2,1-5H3/t26-,37+,38-,41+/m0/s1. The van der Waals surface area contributed by atoms with Crippen molar-refractivity contribution in [2.75, 3.05) is 30.6 Å². The fourth-order valence-electron chi connectivity index (χ4n) is 8.82. The Labute approximate surface area is 309 Å². The van der Waals surface area contributed by atoms with Crippen LogP contribution in [0.1, 0.15) is 35.0 Å². The Morgan fingerprint density at radius 3 is 2.43 bits per heavy atom. The van der Waals surface area contributed by atoms with E-state index in [4.69, 9.17) is 14.2 Å². The van der Waals surface area contributed by atoms with Crippen molar-refractivity contribution in [1.29, 1.82) is 0 Å². The van der Waals surface area contributed by atoms with Crippen LogP contribution in [0.25, 0.3) is 0 Å². The molecule has 4 atom stereocenters. The van der Waals surface area contributed by atoms with Crippen LogP contribution < -0.4 is 24.5 Å². The van der Waals surface area contributed by atoms with E-state index in [0.29, 0.717) is 47.8 Å². The topological polar surface area (TPSA) is 119 Å². The lowest BCUT2D eigenvalue weighted by molar-refractivity contribution is -0.145. The van der Waals surface area contributed by atoms with Gasteiger partial charge in [-0.3, -0.25) is 19.2 Å². The quantitative estimate of drug-likeness (QED) is 0.179. The number of fused-ring (bicyclic) bond motifs is 4. The van der Waals surface area contributed by atoms with Crippen LogP contribution >= 0.6 is 0 Å². The van der Waals surface area contributed by atoms with Gasteiger partial charge in [-0.1, -0.05) is 66.8 Å². The third-order valence-corrected chi connectivity index (χ3v) is 15.8. The fraction of sp³-hybridized carbons (Fsp3) is 0.317. The molecule has 0 radical (unpaired) electrons. The average molecular weight is 730 g/mol. The molecule has 3 aliphatic rings. The van der Waals surface area contributed by atoms with Crippen molar-refractivity contribution in [3.05, 3.63) is 114 Å². The van der Waals surface area contributed by atoms with Crippen LogP contribution in [0.15, 0.2) is 97.2 Å². The largest absolute Gasteiger partial charge is 0.497 e. The van der Waals surface area contributed by atoms with Gasteiger partial charge in [0.2, 0.25) is 0 Å². The van der Waals surface area contributed by atoms with Crippen molar-refractivity contribution in [1.82, 2.24) is 15.0 Å². The van der Waals surface area contributed by atoms with Crippen molar-refractivity contribution < 1.29 is 28.9 Å². The highest BCUT2D eigenvalue weighted by atomic mass is 28.3. The maximum absolute atomic E-state index is 14.8. The van der Waals surface area contributed by atoms with E-state index in [1.54, 1.807) is 40.8 Å². The first-order valence-electron chi connectivity index (χ1n) is 18.0. The molecular formula is C41H43N5O6Si. The van der Waals surface area contributed by atoms with Crippen molar-refractivity contribution in [3.63, 3.8) is 0 Å². The van der Waals surface area contributed by atoms with E-state index in [1.807, 2.05) is 72.9 Å². The summed E-state index contributed by atoms with van der Waals surface area (Å²) in [6.45, 7) is 7.39. The van der Waals surface area contributed by atoms with Crippen LogP contribution in [0.4, 0.5) is 17.1 Å². The van der Waals surface area contributed by atoms with Crippen molar-refractivity contribution >= 4 is 42.1 Å². The summed E-state index contributed by atoms with van der Waals surface area (Å²) in [7, 11) is 1.08. The first-order valence-corrected chi connectivity index (χ1v) is 21.1. The summed E-state index contributed by atoms with van der Waals surface area (Å²) >= 11 is 0. The lowest BCUT2D eigenvalue weighted by Gasteiger charge is -2.37. The van der Waals surface area contributed by atoms with E-state index in [1.165, 1.54) is 5.19 Å². The number of nitrogens with zero attached hydrogens (tertiary/aromatic N) is 5. The van der Waals surface area contributed by atoms with E-state index in [0.717, 1.165) is 22.7 Å². The fourth-order valence-corrected chi connectivity index (χ4v) is 12.9. The van der Waals surface area contributed by atoms with Gasteiger partial charge in [0.15, 0.2) is 11.4 Å². The molecule has 11 nitrogen and oxygen atoms in total. The normalized spacial score (nSPS) is 22.0. The second-order valence-electron chi connectivity index (χ2n) is 14.7. The smallest absolute Gasteiger partial charge is 0.266 e. The molecule has 1 N–H and O–H groups in total. The lowest BCUT2D eigenvalue weighted by Crippen LogP contribution is -2.51.